The number of pyridine rings is 1. The number of rotatable bonds is 8. The van der Waals surface area contributed by atoms with E-state index in [-0.39, 0.29) is 24.0 Å². The Bertz CT molecular complexity index is 780. The number of nitrogens with zero attached hydrogens (tertiary/aromatic N) is 4. The number of benzene rings is 1. The molecule has 0 unspecified atom stereocenters. The number of hydrogen-bond acceptors (Lipinski definition) is 4. The maximum absolute atomic E-state index is 4.73. The number of aliphatic imine (C=N–C) groups is 1. The molecule has 0 fully saturated rings. The van der Waals surface area contributed by atoms with Crippen molar-refractivity contribution in [3.8, 4) is 0 Å². The molecule has 6 nitrogen and oxygen atoms in total. The maximum atomic E-state index is 4.73. The standard InChI is InChI=1S/C22H36N6.HI/c1-16(2)28(17(3)4)13-12-24-22(23-5)25-15-18-14-21(27(6)7)26-20-11-9-8-10-19(18)20;/h8-11,14,16-17H,12-13,15H2,1-7H3,(H2,23,24,25);1H. The summed E-state index contributed by atoms with van der Waals surface area (Å²) in [6.07, 6.45) is 0. The third-order valence-electron chi connectivity index (χ3n) is 4.91. The minimum Gasteiger partial charge on any atom is -0.363 e. The van der Waals surface area contributed by atoms with E-state index in [0.717, 1.165) is 30.4 Å². The van der Waals surface area contributed by atoms with E-state index in [9.17, 15) is 0 Å². The zero-order valence-corrected chi connectivity index (χ0v) is 21.2. The monoisotopic (exact) mass is 512 g/mol. The van der Waals surface area contributed by atoms with Gasteiger partial charge in [0.15, 0.2) is 5.96 Å². The fourth-order valence-corrected chi connectivity index (χ4v) is 3.42. The van der Waals surface area contributed by atoms with Crippen LogP contribution >= 0.6 is 24.0 Å². The third-order valence-corrected chi connectivity index (χ3v) is 4.91. The molecule has 0 spiro atoms. The van der Waals surface area contributed by atoms with Crippen LogP contribution in [0.1, 0.15) is 33.3 Å². The normalized spacial score (nSPS) is 11.9. The second-order valence-corrected chi connectivity index (χ2v) is 7.83. The molecule has 2 rings (SSSR count). The Kier molecular flexibility index (Phi) is 10.7. The molecule has 0 aliphatic heterocycles. The van der Waals surface area contributed by atoms with Gasteiger partial charge in [-0.2, -0.15) is 0 Å². The quantitative estimate of drug-likeness (QED) is 0.321. The van der Waals surface area contributed by atoms with Gasteiger partial charge in [-0.05, 0) is 45.4 Å². The summed E-state index contributed by atoms with van der Waals surface area (Å²) in [7, 11) is 5.85. The Morgan fingerprint density at radius 1 is 1.07 bits per heavy atom. The molecule has 0 bridgehead atoms. The molecule has 0 aliphatic carbocycles. The average molecular weight is 512 g/mol. The molecule has 2 aromatic rings. The summed E-state index contributed by atoms with van der Waals surface area (Å²) in [6.45, 7) is 11.5. The Morgan fingerprint density at radius 2 is 1.72 bits per heavy atom. The molecule has 0 saturated carbocycles. The van der Waals surface area contributed by atoms with Crippen LogP contribution in [0.15, 0.2) is 35.3 Å². The van der Waals surface area contributed by atoms with Crippen LogP contribution in [0, 0.1) is 0 Å². The van der Waals surface area contributed by atoms with Crippen LogP contribution < -0.4 is 15.5 Å². The van der Waals surface area contributed by atoms with E-state index < -0.39 is 0 Å². The van der Waals surface area contributed by atoms with Crippen molar-refractivity contribution in [3.05, 3.63) is 35.9 Å². The number of nitrogens with one attached hydrogen (secondary N) is 2. The van der Waals surface area contributed by atoms with E-state index in [0.29, 0.717) is 18.6 Å². The van der Waals surface area contributed by atoms with E-state index >= 15 is 0 Å². The van der Waals surface area contributed by atoms with Crippen molar-refractivity contribution < 1.29 is 0 Å². The van der Waals surface area contributed by atoms with E-state index in [1.807, 2.05) is 32.1 Å². The lowest BCUT2D eigenvalue weighted by atomic mass is 10.1. The molecule has 162 valence electrons. The Hall–Kier alpha value is -1.61. The maximum Gasteiger partial charge on any atom is 0.191 e. The zero-order valence-electron chi connectivity index (χ0n) is 18.9. The van der Waals surface area contributed by atoms with Crippen molar-refractivity contribution in [2.75, 3.05) is 39.1 Å². The minimum absolute atomic E-state index is 0. The van der Waals surface area contributed by atoms with Gasteiger partial charge in [0.1, 0.15) is 5.82 Å². The van der Waals surface area contributed by atoms with E-state index in [1.54, 1.807) is 0 Å². The highest BCUT2D eigenvalue weighted by Gasteiger charge is 2.13. The van der Waals surface area contributed by atoms with E-state index in [1.165, 1.54) is 10.9 Å². The highest BCUT2D eigenvalue weighted by Crippen LogP contribution is 2.21. The minimum atomic E-state index is 0. The van der Waals surface area contributed by atoms with Crippen LogP contribution in [0.5, 0.6) is 0 Å². The summed E-state index contributed by atoms with van der Waals surface area (Å²) in [5.41, 5.74) is 2.22. The van der Waals surface area contributed by atoms with E-state index in [4.69, 9.17) is 4.98 Å². The smallest absolute Gasteiger partial charge is 0.191 e. The van der Waals surface area contributed by atoms with Crippen LogP contribution in [0.3, 0.4) is 0 Å². The van der Waals surface area contributed by atoms with Crippen LogP contribution in [0.2, 0.25) is 0 Å². The fraction of sp³-hybridized carbons (Fsp3) is 0.545. The van der Waals surface area contributed by atoms with Crippen LogP contribution in [-0.2, 0) is 6.54 Å². The Morgan fingerprint density at radius 3 is 2.31 bits per heavy atom. The average Bonchev–Trinajstić information content (AvgIpc) is 2.66. The van der Waals surface area contributed by atoms with Crippen LogP contribution in [-0.4, -0.2) is 62.2 Å². The van der Waals surface area contributed by atoms with Gasteiger partial charge in [0.25, 0.3) is 0 Å². The molecule has 1 heterocycles. The predicted octanol–water partition coefficient (Wildman–Crippen LogP) is 3.70. The number of hydrogen-bond donors (Lipinski definition) is 2. The van der Waals surface area contributed by atoms with Crippen molar-refractivity contribution >= 4 is 46.7 Å². The van der Waals surface area contributed by atoms with Gasteiger partial charge in [0.05, 0.1) is 5.52 Å². The van der Waals surface area contributed by atoms with Gasteiger partial charge >= 0.3 is 0 Å². The first-order valence-electron chi connectivity index (χ1n) is 10.1. The fourth-order valence-electron chi connectivity index (χ4n) is 3.42. The zero-order chi connectivity index (χ0) is 20.7. The largest absolute Gasteiger partial charge is 0.363 e. The second kappa shape index (κ2) is 12.2. The molecule has 0 atom stereocenters. The first-order chi connectivity index (χ1) is 13.3. The number of guanidine groups is 1. The number of halogens is 1. The molecule has 1 aromatic carbocycles. The number of aromatic nitrogens is 1. The molecule has 7 heteroatoms. The topological polar surface area (TPSA) is 55.8 Å². The van der Waals surface area contributed by atoms with Crippen molar-refractivity contribution in [3.63, 3.8) is 0 Å². The molecule has 0 radical (unpaired) electrons. The summed E-state index contributed by atoms with van der Waals surface area (Å²) in [6, 6.07) is 11.5. The van der Waals surface area contributed by atoms with Crippen molar-refractivity contribution in [1.29, 1.82) is 0 Å². The van der Waals surface area contributed by atoms with Gasteiger partial charge in [-0.3, -0.25) is 9.89 Å². The molecule has 0 amide bonds. The van der Waals surface area contributed by atoms with Gasteiger partial charge in [0.2, 0.25) is 0 Å². The van der Waals surface area contributed by atoms with Gasteiger partial charge < -0.3 is 15.5 Å². The molecular formula is C22H37IN6. The summed E-state index contributed by atoms with van der Waals surface area (Å²) < 4.78 is 0. The van der Waals surface area contributed by atoms with Crippen molar-refractivity contribution in [2.24, 2.45) is 4.99 Å². The highest BCUT2D eigenvalue weighted by atomic mass is 127. The van der Waals surface area contributed by atoms with Gasteiger partial charge in [-0.1, -0.05) is 18.2 Å². The Balaban J connectivity index is 0.00000420. The van der Waals surface area contributed by atoms with Gasteiger partial charge in [0, 0.05) is 58.2 Å². The highest BCUT2D eigenvalue weighted by molar-refractivity contribution is 14.0. The van der Waals surface area contributed by atoms with Crippen molar-refractivity contribution in [2.45, 2.75) is 46.3 Å². The first kappa shape index (κ1) is 25.4. The molecular weight excluding hydrogens is 475 g/mol. The van der Waals surface area contributed by atoms with Crippen LogP contribution in [0.25, 0.3) is 10.9 Å². The Labute approximate surface area is 193 Å². The summed E-state index contributed by atoms with van der Waals surface area (Å²) >= 11 is 0. The molecule has 2 N–H and O–H groups in total. The molecule has 1 aromatic heterocycles. The predicted molar refractivity (Wildman–Crippen MR) is 137 cm³/mol. The molecule has 0 saturated heterocycles. The lowest BCUT2D eigenvalue weighted by Crippen LogP contribution is -2.45. The second-order valence-electron chi connectivity index (χ2n) is 7.83. The lowest BCUT2D eigenvalue weighted by molar-refractivity contribution is 0.178. The third kappa shape index (κ3) is 7.29. The number of anilines is 1. The SMILES string of the molecule is CN=C(NCCN(C(C)C)C(C)C)NCc1cc(N(C)C)nc2ccccc12.I. The first-order valence-corrected chi connectivity index (χ1v) is 10.1. The van der Waals surface area contributed by atoms with Crippen LogP contribution in [0.4, 0.5) is 5.82 Å². The van der Waals surface area contributed by atoms with Crippen molar-refractivity contribution in [1.82, 2.24) is 20.5 Å². The number of para-hydroxylation sites is 1. The van der Waals surface area contributed by atoms with Gasteiger partial charge in [-0.15, -0.1) is 24.0 Å². The number of fused-ring (bicyclic) bond motifs is 1. The van der Waals surface area contributed by atoms with E-state index in [2.05, 4.69) is 72.5 Å². The molecule has 29 heavy (non-hydrogen) atoms. The summed E-state index contributed by atoms with van der Waals surface area (Å²) in [5, 5.41) is 8.06. The summed E-state index contributed by atoms with van der Waals surface area (Å²) in [5.74, 6) is 1.78. The summed E-state index contributed by atoms with van der Waals surface area (Å²) in [4.78, 5) is 13.6. The lowest BCUT2D eigenvalue weighted by Gasteiger charge is -2.30. The molecule has 0 aliphatic rings. The van der Waals surface area contributed by atoms with Gasteiger partial charge in [-0.25, -0.2) is 4.98 Å².